The van der Waals surface area contributed by atoms with Crippen LogP contribution in [-0.4, -0.2) is 38.9 Å². The number of carbonyl (C=O) groups is 1. The molecule has 1 aliphatic heterocycles. The molecule has 2 heterocycles. The minimum Gasteiger partial charge on any atom is -0.496 e. The number of nitrogens with one attached hydrogen (secondary N) is 2. The monoisotopic (exact) mass is 461 g/mol. The lowest BCUT2D eigenvalue weighted by molar-refractivity contribution is 0.102. The first kappa shape index (κ1) is 21.1. The Labute approximate surface area is 184 Å². The Balaban J connectivity index is 1.65. The molecule has 0 saturated carbocycles. The van der Waals surface area contributed by atoms with Gasteiger partial charge in [0.05, 0.1) is 42.4 Å². The maximum atomic E-state index is 12.9. The van der Waals surface area contributed by atoms with Gasteiger partial charge in [-0.2, -0.15) is 0 Å². The quantitative estimate of drug-likeness (QED) is 0.601. The molecule has 0 atom stereocenters. The number of rotatable bonds is 5. The Morgan fingerprint density at radius 2 is 1.97 bits per heavy atom. The number of hydrogen-bond donors (Lipinski definition) is 2. The molecule has 0 fully saturated rings. The average molecular weight is 462 g/mol. The standard InChI is InChI=1S/C21H20ClN3O5S/c1-29-18-4-3-5-19-20(18)17-8-13(12-25(17)6-7-30-19)21(26)23-15-9-14(22)10-16(11-15)24-31(2,27)28/h3-5,8-12,24H,6-7H2,1-2H3,(H,23,26). The van der Waals surface area contributed by atoms with Crippen LogP contribution < -0.4 is 19.5 Å². The summed E-state index contributed by atoms with van der Waals surface area (Å²) >= 11 is 6.08. The maximum Gasteiger partial charge on any atom is 0.257 e. The van der Waals surface area contributed by atoms with Gasteiger partial charge in [0.15, 0.2) is 0 Å². The van der Waals surface area contributed by atoms with Gasteiger partial charge in [-0.15, -0.1) is 0 Å². The van der Waals surface area contributed by atoms with Crippen LogP contribution in [0.2, 0.25) is 5.02 Å². The number of sulfonamides is 1. The van der Waals surface area contributed by atoms with Gasteiger partial charge in [0.1, 0.15) is 18.1 Å². The van der Waals surface area contributed by atoms with Crippen molar-refractivity contribution >= 4 is 38.9 Å². The van der Waals surface area contributed by atoms with Gasteiger partial charge in [-0.3, -0.25) is 9.52 Å². The van der Waals surface area contributed by atoms with Gasteiger partial charge in [-0.25, -0.2) is 8.42 Å². The van der Waals surface area contributed by atoms with E-state index in [0.717, 1.165) is 17.5 Å². The molecular formula is C21H20ClN3O5S. The van der Waals surface area contributed by atoms with Crippen molar-refractivity contribution in [3.8, 4) is 22.8 Å². The number of amides is 1. The Hall–Kier alpha value is -3.17. The molecule has 31 heavy (non-hydrogen) atoms. The molecular weight excluding hydrogens is 442 g/mol. The van der Waals surface area contributed by atoms with Gasteiger partial charge < -0.3 is 19.4 Å². The van der Waals surface area contributed by atoms with Gasteiger partial charge in [0.2, 0.25) is 10.0 Å². The number of aromatic nitrogens is 1. The zero-order valence-corrected chi connectivity index (χ0v) is 18.4. The fourth-order valence-electron chi connectivity index (χ4n) is 3.48. The normalized spacial score (nSPS) is 12.7. The number of anilines is 2. The van der Waals surface area contributed by atoms with E-state index in [-0.39, 0.29) is 16.6 Å². The van der Waals surface area contributed by atoms with E-state index in [9.17, 15) is 13.2 Å². The van der Waals surface area contributed by atoms with Crippen molar-refractivity contribution in [3.05, 3.63) is 59.2 Å². The van der Waals surface area contributed by atoms with E-state index in [4.69, 9.17) is 21.1 Å². The number of carbonyl (C=O) groups excluding carboxylic acids is 1. The van der Waals surface area contributed by atoms with Crippen LogP contribution in [0, 0.1) is 0 Å². The van der Waals surface area contributed by atoms with Crippen molar-refractivity contribution < 1.29 is 22.7 Å². The highest BCUT2D eigenvalue weighted by Crippen LogP contribution is 2.40. The minimum absolute atomic E-state index is 0.258. The Kier molecular flexibility index (Phi) is 5.55. The summed E-state index contributed by atoms with van der Waals surface area (Å²) in [7, 11) is -1.89. The highest BCUT2D eigenvalue weighted by molar-refractivity contribution is 7.92. The third kappa shape index (κ3) is 4.62. The molecule has 4 rings (SSSR count). The summed E-state index contributed by atoms with van der Waals surface area (Å²) in [6.45, 7) is 1.03. The van der Waals surface area contributed by atoms with Crippen LogP contribution in [0.15, 0.2) is 48.7 Å². The fourth-order valence-corrected chi connectivity index (χ4v) is 4.26. The van der Waals surface area contributed by atoms with Crippen LogP contribution in [0.5, 0.6) is 11.5 Å². The number of benzene rings is 2. The number of nitrogens with zero attached hydrogens (tertiary/aromatic N) is 1. The van der Waals surface area contributed by atoms with Crippen LogP contribution in [0.4, 0.5) is 11.4 Å². The molecule has 1 aromatic heterocycles. The van der Waals surface area contributed by atoms with E-state index in [2.05, 4.69) is 10.0 Å². The first-order valence-electron chi connectivity index (χ1n) is 9.33. The SMILES string of the molecule is COc1cccc2c1-c1cc(C(=O)Nc3cc(Cl)cc(NS(C)(=O)=O)c3)cn1CCO2. The number of fused-ring (bicyclic) bond motifs is 3. The molecule has 0 bridgehead atoms. The van der Waals surface area contributed by atoms with Gasteiger partial charge in [0.25, 0.3) is 5.91 Å². The smallest absolute Gasteiger partial charge is 0.257 e. The Morgan fingerprint density at radius 1 is 1.19 bits per heavy atom. The lowest BCUT2D eigenvalue weighted by Gasteiger charge is -2.11. The van der Waals surface area contributed by atoms with Gasteiger partial charge in [-0.05, 0) is 36.4 Å². The van der Waals surface area contributed by atoms with Crippen molar-refractivity contribution in [2.24, 2.45) is 0 Å². The van der Waals surface area contributed by atoms with E-state index in [0.29, 0.717) is 35.9 Å². The topological polar surface area (TPSA) is 98.7 Å². The zero-order valence-electron chi connectivity index (χ0n) is 16.8. The summed E-state index contributed by atoms with van der Waals surface area (Å²) in [5, 5.41) is 3.05. The molecule has 0 radical (unpaired) electrons. The second-order valence-electron chi connectivity index (χ2n) is 7.05. The molecule has 0 aliphatic carbocycles. The van der Waals surface area contributed by atoms with E-state index < -0.39 is 10.0 Å². The van der Waals surface area contributed by atoms with E-state index in [1.807, 2.05) is 22.8 Å². The molecule has 8 nitrogen and oxygen atoms in total. The molecule has 0 saturated heterocycles. The average Bonchev–Trinajstić information content (AvgIpc) is 3.02. The summed E-state index contributed by atoms with van der Waals surface area (Å²) < 4.78 is 38.6. The van der Waals surface area contributed by atoms with Crippen molar-refractivity contribution in [2.45, 2.75) is 6.54 Å². The third-order valence-corrected chi connectivity index (χ3v) is 5.50. The van der Waals surface area contributed by atoms with E-state index in [1.54, 1.807) is 25.4 Å². The first-order valence-corrected chi connectivity index (χ1v) is 11.6. The predicted octanol–water partition coefficient (Wildman–Crippen LogP) is 3.83. The van der Waals surface area contributed by atoms with Crippen molar-refractivity contribution in [1.82, 2.24) is 4.57 Å². The molecule has 1 amide bonds. The molecule has 0 unspecified atom stereocenters. The predicted molar refractivity (Wildman–Crippen MR) is 120 cm³/mol. The number of methoxy groups -OCH3 is 1. The lowest BCUT2D eigenvalue weighted by Crippen LogP contribution is -2.13. The van der Waals surface area contributed by atoms with Gasteiger partial charge >= 0.3 is 0 Å². The summed E-state index contributed by atoms with van der Waals surface area (Å²) in [6.07, 6.45) is 2.78. The van der Waals surface area contributed by atoms with Gasteiger partial charge in [-0.1, -0.05) is 17.7 Å². The number of halogens is 1. The van der Waals surface area contributed by atoms with Crippen LogP contribution in [-0.2, 0) is 16.6 Å². The maximum absolute atomic E-state index is 12.9. The van der Waals surface area contributed by atoms with Crippen LogP contribution in [0.3, 0.4) is 0 Å². The largest absolute Gasteiger partial charge is 0.496 e. The number of ether oxygens (including phenoxy) is 2. The van der Waals surface area contributed by atoms with Crippen LogP contribution in [0.1, 0.15) is 10.4 Å². The van der Waals surface area contributed by atoms with Crippen molar-refractivity contribution in [2.75, 3.05) is 30.0 Å². The second-order valence-corrected chi connectivity index (χ2v) is 9.23. The second kappa shape index (κ2) is 8.16. The molecule has 2 N–H and O–H groups in total. The fraction of sp³-hybridized carbons (Fsp3) is 0.190. The van der Waals surface area contributed by atoms with Crippen molar-refractivity contribution in [1.29, 1.82) is 0 Å². The number of hydrogen-bond acceptors (Lipinski definition) is 5. The zero-order chi connectivity index (χ0) is 22.2. The van der Waals surface area contributed by atoms with Gasteiger partial charge in [0, 0.05) is 16.9 Å². The van der Waals surface area contributed by atoms with E-state index >= 15 is 0 Å². The van der Waals surface area contributed by atoms with Crippen LogP contribution >= 0.6 is 11.6 Å². The molecule has 1 aliphatic rings. The summed E-state index contributed by atoms with van der Waals surface area (Å²) in [5.41, 5.74) is 2.65. The Bertz CT molecular complexity index is 1270. The van der Waals surface area contributed by atoms with Crippen molar-refractivity contribution in [3.63, 3.8) is 0 Å². The highest BCUT2D eigenvalue weighted by Gasteiger charge is 2.22. The van der Waals surface area contributed by atoms with E-state index in [1.165, 1.54) is 12.1 Å². The molecule has 0 spiro atoms. The highest BCUT2D eigenvalue weighted by atomic mass is 35.5. The summed E-state index contributed by atoms with van der Waals surface area (Å²) in [6, 6.07) is 11.8. The summed E-state index contributed by atoms with van der Waals surface area (Å²) in [4.78, 5) is 12.9. The Morgan fingerprint density at radius 3 is 2.71 bits per heavy atom. The summed E-state index contributed by atoms with van der Waals surface area (Å²) in [5.74, 6) is 0.983. The minimum atomic E-state index is -3.48. The molecule has 10 heteroatoms. The first-order chi connectivity index (χ1) is 14.7. The third-order valence-electron chi connectivity index (χ3n) is 4.67. The van der Waals surface area contributed by atoms with Crippen LogP contribution in [0.25, 0.3) is 11.3 Å². The molecule has 2 aromatic carbocycles. The molecule has 3 aromatic rings. The molecule has 162 valence electrons. The lowest BCUT2D eigenvalue weighted by atomic mass is 10.1.